The number of piperidine rings is 1. The summed E-state index contributed by atoms with van der Waals surface area (Å²) in [6.45, 7) is 3.45. The van der Waals surface area contributed by atoms with Crippen LogP contribution in [0.3, 0.4) is 0 Å². The Morgan fingerprint density at radius 3 is 2.50 bits per heavy atom. The molecule has 2 aromatic carbocycles. The molecule has 0 N–H and O–H groups in total. The molecule has 0 aliphatic carbocycles. The molecule has 1 aliphatic rings. The van der Waals surface area contributed by atoms with Crippen LogP contribution in [0, 0.1) is 6.92 Å². The highest BCUT2D eigenvalue weighted by Gasteiger charge is 2.26. The predicted octanol–water partition coefficient (Wildman–Crippen LogP) is 4.46. The van der Waals surface area contributed by atoms with Gasteiger partial charge in [0, 0.05) is 30.6 Å². The van der Waals surface area contributed by atoms with Crippen molar-refractivity contribution in [3.05, 3.63) is 77.7 Å². The molecule has 0 bridgehead atoms. The number of likely N-dealkylation sites (tertiary alicyclic amines) is 1. The molecular formula is C23H23N3O2. The van der Waals surface area contributed by atoms with Gasteiger partial charge in [-0.3, -0.25) is 4.79 Å². The van der Waals surface area contributed by atoms with Crippen molar-refractivity contribution in [2.75, 3.05) is 13.1 Å². The maximum atomic E-state index is 12.4. The van der Waals surface area contributed by atoms with E-state index in [1.54, 1.807) is 6.08 Å². The minimum absolute atomic E-state index is 0.0492. The average Bonchev–Trinajstić information content (AvgIpc) is 3.24. The third-order valence-electron chi connectivity index (χ3n) is 5.13. The molecule has 0 radical (unpaired) electrons. The van der Waals surface area contributed by atoms with Gasteiger partial charge in [0.2, 0.25) is 17.6 Å². The van der Waals surface area contributed by atoms with Crippen LogP contribution >= 0.6 is 0 Å². The largest absolute Gasteiger partial charge is 0.339 e. The van der Waals surface area contributed by atoms with Gasteiger partial charge in [0.15, 0.2) is 0 Å². The standard InChI is InChI=1S/C23H23N3O2/c1-17-7-10-19(11-8-17)22-24-23(28-25-22)20-13-15-26(16-14-20)21(27)12-9-18-5-3-2-4-6-18/h2-12,20H,13-16H2,1H3. The van der Waals surface area contributed by atoms with Crippen LogP contribution < -0.4 is 0 Å². The summed E-state index contributed by atoms with van der Waals surface area (Å²) >= 11 is 0. The van der Waals surface area contributed by atoms with Crippen LogP contribution in [0.25, 0.3) is 17.5 Å². The van der Waals surface area contributed by atoms with Crippen LogP contribution in [0.1, 0.15) is 35.8 Å². The zero-order valence-corrected chi connectivity index (χ0v) is 15.9. The Kier molecular flexibility index (Phi) is 5.33. The Morgan fingerprint density at radius 1 is 1.07 bits per heavy atom. The first kappa shape index (κ1) is 18.2. The number of rotatable bonds is 4. The number of nitrogens with zero attached hydrogens (tertiary/aromatic N) is 3. The van der Waals surface area contributed by atoms with E-state index in [0.717, 1.165) is 24.0 Å². The van der Waals surface area contributed by atoms with E-state index in [2.05, 4.69) is 17.1 Å². The van der Waals surface area contributed by atoms with Crippen molar-refractivity contribution in [1.29, 1.82) is 0 Å². The molecule has 2 heterocycles. The second-order valence-electron chi connectivity index (χ2n) is 7.17. The van der Waals surface area contributed by atoms with Crippen LogP contribution in [0.4, 0.5) is 0 Å². The Hall–Kier alpha value is -3.21. The Labute approximate surface area is 164 Å². The number of hydrogen-bond acceptors (Lipinski definition) is 4. The average molecular weight is 373 g/mol. The van der Waals surface area contributed by atoms with Crippen molar-refractivity contribution in [2.24, 2.45) is 0 Å². The molecule has 142 valence electrons. The van der Waals surface area contributed by atoms with Crippen molar-refractivity contribution in [1.82, 2.24) is 15.0 Å². The fraction of sp³-hybridized carbons (Fsp3) is 0.261. The van der Waals surface area contributed by atoms with Crippen molar-refractivity contribution >= 4 is 12.0 Å². The van der Waals surface area contributed by atoms with Gasteiger partial charge in [-0.15, -0.1) is 0 Å². The summed E-state index contributed by atoms with van der Waals surface area (Å²) in [4.78, 5) is 18.9. The summed E-state index contributed by atoms with van der Waals surface area (Å²) in [5.41, 5.74) is 3.19. The number of carbonyl (C=O) groups is 1. The lowest BCUT2D eigenvalue weighted by Crippen LogP contribution is -2.36. The Morgan fingerprint density at radius 2 is 1.79 bits per heavy atom. The first-order valence-corrected chi connectivity index (χ1v) is 9.62. The first-order chi connectivity index (χ1) is 13.7. The minimum Gasteiger partial charge on any atom is -0.339 e. The van der Waals surface area contributed by atoms with Crippen LogP contribution in [0.15, 0.2) is 65.2 Å². The van der Waals surface area contributed by atoms with Gasteiger partial charge < -0.3 is 9.42 Å². The maximum absolute atomic E-state index is 12.4. The zero-order valence-electron chi connectivity index (χ0n) is 15.9. The molecule has 1 aromatic heterocycles. The lowest BCUT2D eigenvalue weighted by Gasteiger charge is -2.29. The van der Waals surface area contributed by atoms with Gasteiger partial charge in [-0.25, -0.2) is 0 Å². The molecule has 1 amide bonds. The Bertz CT molecular complexity index is 953. The third-order valence-corrected chi connectivity index (χ3v) is 5.13. The molecule has 4 rings (SSSR count). The third kappa shape index (κ3) is 4.19. The van der Waals surface area contributed by atoms with E-state index in [1.807, 2.05) is 65.6 Å². The second kappa shape index (κ2) is 8.21. The monoisotopic (exact) mass is 373 g/mol. The van der Waals surface area contributed by atoms with E-state index >= 15 is 0 Å². The molecule has 0 saturated carbocycles. The molecule has 5 heteroatoms. The van der Waals surface area contributed by atoms with E-state index < -0.39 is 0 Å². The second-order valence-corrected chi connectivity index (χ2v) is 7.17. The molecule has 0 atom stereocenters. The van der Waals surface area contributed by atoms with Gasteiger partial charge in [-0.2, -0.15) is 4.98 Å². The molecule has 1 saturated heterocycles. The van der Waals surface area contributed by atoms with Gasteiger partial charge in [-0.05, 0) is 31.4 Å². The minimum atomic E-state index is 0.0492. The topological polar surface area (TPSA) is 59.2 Å². The van der Waals surface area contributed by atoms with E-state index in [4.69, 9.17) is 4.52 Å². The number of aromatic nitrogens is 2. The molecular weight excluding hydrogens is 350 g/mol. The molecule has 1 fully saturated rings. The maximum Gasteiger partial charge on any atom is 0.246 e. The van der Waals surface area contributed by atoms with Crippen LogP contribution in [-0.2, 0) is 4.79 Å². The molecule has 0 spiro atoms. The summed E-state index contributed by atoms with van der Waals surface area (Å²) in [7, 11) is 0. The van der Waals surface area contributed by atoms with Gasteiger partial charge >= 0.3 is 0 Å². The fourth-order valence-corrected chi connectivity index (χ4v) is 3.40. The molecule has 0 unspecified atom stereocenters. The van der Waals surface area contributed by atoms with Crippen molar-refractivity contribution in [3.8, 4) is 11.4 Å². The summed E-state index contributed by atoms with van der Waals surface area (Å²) < 4.78 is 5.51. The SMILES string of the molecule is Cc1ccc(-c2noc(C3CCN(C(=O)C=Cc4ccccc4)CC3)n2)cc1. The van der Waals surface area contributed by atoms with E-state index in [9.17, 15) is 4.79 Å². The van der Waals surface area contributed by atoms with Gasteiger partial charge in [0.05, 0.1) is 0 Å². The summed E-state index contributed by atoms with van der Waals surface area (Å²) in [5, 5.41) is 4.13. The van der Waals surface area contributed by atoms with Gasteiger partial charge in [-0.1, -0.05) is 65.3 Å². The summed E-state index contributed by atoms with van der Waals surface area (Å²) in [6, 6.07) is 17.9. The fourth-order valence-electron chi connectivity index (χ4n) is 3.40. The van der Waals surface area contributed by atoms with Gasteiger partial charge in [0.1, 0.15) is 0 Å². The van der Waals surface area contributed by atoms with Crippen LogP contribution in [0.5, 0.6) is 0 Å². The summed E-state index contributed by atoms with van der Waals surface area (Å²) in [5.74, 6) is 1.55. The highest BCUT2D eigenvalue weighted by molar-refractivity contribution is 5.91. The lowest BCUT2D eigenvalue weighted by atomic mass is 9.96. The number of carbonyl (C=O) groups excluding carboxylic acids is 1. The smallest absolute Gasteiger partial charge is 0.246 e. The number of benzene rings is 2. The van der Waals surface area contributed by atoms with Crippen LogP contribution in [-0.4, -0.2) is 34.0 Å². The van der Waals surface area contributed by atoms with E-state index in [-0.39, 0.29) is 11.8 Å². The normalized spacial score (nSPS) is 15.2. The van der Waals surface area contributed by atoms with Crippen molar-refractivity contribution in [3.63, 3.8) is 0 Å². The highest BCUT2D eigenvalue weighted by Crippen LogP contribution is 2.28. The lowest BCUT2D eigenvalue weighted by molar-refractivity contribution is -0.127. The van der Waals surface area contributed by atoms with E-state index in [1.165, 1.54) is 5.56 Å². The molecule has 28 heavy (non-hydrogen) atoms. The number of amides is 1. The highest BCUT2D eigenvalue weighted by atomic mass is 16.5. The van der Waals surface area contributed by atoms with Crippen molar-refractivity contribution < 1.29 is 9.32 Å². The number of hydrogen-bond donors (Lipinski definition) is 0. The van der Waals surface area contributed by atoms with Crippen LogP contribution in [0.2, 0.25) is 0 Å². The zero-order chi connectivity index (χ0) is 19.3. The molecule has 5 nitrogen and oxygen atoms in total. The van der Waals surface area contributed by atoms with Crippen molar-refractivity contribution in [2.45, 2.75) is 25.7 Å². The molecule has 1 aliphatic heterocycles. The Balaban J connectivity index is 1.35. The van der Waals surface area contributed by atoms with Gasteiger partial charge in [0.25, 0.3) is 0 Å². The molecule has 3 aromatic rings. The quantitative estimate of drug-likeness (QED) is 0.633. The first-order valence-electron chi connectivity index (χ1n) is 9.62. The predicted molar refractivity (Wildman–Crippen MR) is 109 cm³/mol. The number of aryl methyl sites for hydroxylation is 1. The summed E-state index contributed by atoms with van der Waals surface area (Å²) in [6.07, 6.45) is 5.18. The van der Waals surface area contributed by atoms with E-state index in [0.29, 0.717) is 24.8 Å².